The van der Waals surface area contributed by atoms with E-state index in [0.717, 1.165) is 17.3 Å². The van der Waals surface area contributed by atoms with Crippen LogP contribution in [0.3, 0.4) is 0 Å². The molecular weight excluding hydrogens is 294 g/mol. The van der Waals surface area contributed by atoms with Gasteiger partial charge in [-0.05, 0) is 59.3 Å². The molecule has 0 fully saturated rings. The van der Waals surface area contributed by atoms with Crippen LogP contribution in [0.2, 0.25) is 0 Å². The van der Waals surface area contributed by atoms with Crippen LogP contribution in [0.25, 0.3) is 0 Å². The van der Waals surface area contributed by atoms with E-state index >= 15 is 0 Å². The van der Waals surface area contributed by atoms with Crippen molar-refractivity contribution in [2.75, 3.05) is 0 Å². The first kappa shape index (κ1) is 12.8. The maximum atomic E-state index is 6.26. The van der Waals surface area contributed by atoms with E-state index in [2.05, 4.69) is 57.9 Å². The summed E-state index contributed by atoms with van der Waals surface area (Å²) in [6, 6.07) is 8.53. The molecule has 0 spiro atoms. The van der Waals surface area contributed by atoms with Crippen LogP contribution >= 0.6 is 27.3 Å². The van der Waals surface area contributed by atoms with Crippen LogP contribution in [0.4, 0.5) is 0 Å². The molecule has 1 aromatic carbocycles. The largest absolute Gasteiger partial charge is 0.324 e. The third-order valence-electron chi connectivity index (χ3n) is 3.03. The van der Waals surface area contributed by atoms with Gasteiger partial charge in [-0.2, -0.15) is 11.3 Å². The summed E-state index contributed by atoms with van der Waals surface area (Å²) in [4.78, 5) is 0. The normalized spacial score (nSPS) is 12.6. The van der Waals surface area contributed by atoms with Gasteiger partial charge in [0, 0.05) is 10.5 Å². The zero-order valence-electron chi connectivity index (χ0n) is 9.82. The second kappa shape index (κ2) is 5.80. The Morgan fingerprint density at radius 1 is 1.35 bits per heavy atom. The van der Waals surface area contributed by atoms with E-state index in [-0.39, 0.29) is 6.04 Å². The van der Waals surface area contributed by atoms with Gasteiger partial charge in [0.25, 0.3) is 0 Å². The Kier molecular flexibility index (Phi) is 4.37. The number of benzene rings is 1. The van der Waals surface area contributed by atoms with E-state index < -0.39 is 0 Å². The van der Waals surface area contributed by atoms with Crippen molar-refractivity contribution < 1.29 is 0 Å². The molecule has 2 N–H and O–H groups in total. The third-order valence-corrected chi connectivity index (χ3v) is 4.62. The number of hydrogen-bond acceptors (Lipinski definition) is 2. The molecule has 0 saturated carbocycles. The predicted molar refractivity (Wildman–Crippen MR) is 78.4 cm³/mol. The van der Waals surface area contributed by atoms with E-state index in [9.17, 15) is 0 Å². The summed E-state index contributed by atoms with van der Waals surface area (Å²) in [7, 11) is 0. The van der Waals surface area contributed by atoms with E-state index in [4.69, 9.17) is 5.73 Å². The lowest BCUT2D eigenvalue weighted by molar-refractivity contribution is 0.648. The van der Waals surface area contributed by atoms with Crippen LogP contribution in [0, 0.1) is 6.92 Å². The van der Waals surface area contributed by atoms with Crippen molar-refractivity contribution in [2.45, 2.75) is 25.8 Å². The molecule has 1 aromatic heterocycles. The first-order valence-electron chi connectivity index (χ1n) is 5.70. The third kappa shape index (κ3) is 3.18. The fourth-order valence-electron chi connectivity index (χ4n) is 1.94. The Morgan fingerprint density at radius 3 is 2.88 bits per heavy atom. The summed E-state index contributed by atoms with van der Waals surface area (Å²) in [6.45, 7) is 2.11. The molecule has 2 aromatic rings. The van der Waals surface area contributed by atoms with Gasteiger partial charge < -0.3 is 5.73 Å². The molecule has 0 bridgehead atoms. The number of thiophene rings is 1. The Morgan fingerprint density at radius 2 is 2.18 bits per heavy atom. The predicted octanol–water partition coefficient (Wildman–Crippen LogP) is 4.45. The van der Waals surface area contributed by atoms with Crippen molar-refractivity contribution in [2.24, 2.45) is 5.73 Å². The monoisotopic (exact) mass is 309 g/mol. The molecule has 1 nitrogen and oxygen atoms in total. The molecule has 17 heavy (non-hydrogen) atoms. The Balaban J connectivity index is 2.04. The number of nitrogens with two attached hydrogens (primary N) is 1. The number of aryl methyl sites for hydroxylation is 1. The lowest BCUT2D eigenvalue weighted by atomic mass is 9.97. The molecule has 1 unspecified atom stereocenters. The number of hydrogen-bond donors (Lipinski definition) is 1. The van der Waals surface area contributed by atoms with Crippen LogP contribution in [-0.4, -0.2) is 0 Å². The molecular formula is C14H16BrNS. The van der Waals surface area contributed by atoms with Gasteiger partial charge in [0.05, 0.1) is 0 Å². The van der Waals surface area contributed by atoms with Crippen LogP contribution in [0.15, 0.2) is 39.5 Å². The summed E-state index contributed by atoms with van der Waals surface area (Å²) in [5, 5.41) is 4.31. The van der Waals surface area contributed by atoms with Gasteiger partial charge in [-0.1, -0.05) is 28.1 Å². The van der Waals surface area contributed by atoms with E-state index in [1.807, 2.05) is 0 Å². The summed E-state index contributed by atoms with van der Waals surface area (Å²) in [6.07, 6.45) is 2.05. The molecule has 90 valence electrons. The molecule has 0 amide bonds. The number of halogens is 1. The Labute approximate surface area is 115 Å². The van der Waals surface area contributed by atoms with Crippen molar-refractivity contribution in [1.29, 1.82) is 0 Å². The highest BCUT2D eigenvalue weighted by Gasteiger charge is 2.10. The highest BCUT2D eigenvalue weighted by atomic mass is 79.9. The van der Waals surface area contributed by atoms with Crippen LogP contribution in [0.1, 0.15) is 29.2 Å². The lowest BCUT2D eigenvalue weighted by Crippen LogP contribution is -2.12. The summed E-state index contributed by atoms with van der Waals surface area (Å²) in [5.41, 5.74) is 10.2. The maximum absolute atomic E-state index is 6.26. The minimum Gasteiger partial charge on any atom is -0.324 e. The fraction of sp³-hybridized carbons (Fsp3) is 0.286. The van der Waals surface area contributed by atoms with Crippen molar-refractivity contribution in [1.82, 2.24) is 0 Å². The van der Waals surface area contributed by atoms with Crippen LogP contribution in [-0.2, 0) is 6.42 Å². The molecule has 2 rings (SSSR count). The fourth-order valence-corrected chi connectivity index (χ4v) is 3.02. The van der Waals surface area contributed by atoms with Gasteiger partial charge in [-0.3, -0.25) is 0 Å². The standard InChI is InChI=1S/C14H16BrNS/c1-10-12(3-2-4-13(10)15)14(16)6-5-11-7-8-17-9-11/h2-4,7-9,14H,5-6,16H2,1H3. The SMILES string of the molecule is Cc1c(Br)cccc1C(N)CCc1ccsc1. The molecule has 0 aliphatic heterocycles. The Bertz CT molecular complexity index is 479. The van der Waals surface area contributed by atoms with E-state index in [0.29, 0.717) is 0 Å². The summed E-state index contributed by atoms with van der Waals surface area (Å²) in [5.74, 6) is 0. The smallest absolute Gasteiger partial charge is 0.0301 e. The van der Waals surface area contributed by atoms with Crippen molar-refractivity contribution in [3.05, 3.63) is 56.2 Å². The molecule has 0 saturated heterocycles. The highest BCUT2D eigenvalue weighted by Crippen LogP contribution is 2.26. The van der Waals surface area contributed by atoms with Crippen LogP contribution in [0.5, 0.6) is 0 Å². The average molecular weight is 310 g/mol. The first-order chi connectivity index (χ1) is 8.18. The van der Waals surface area contributed by atoms with E-state index in [1.54, 1.807) is 11.3 Å². The van der Waals surface area contributed by atoms with Crippen molar-refractivity contribution >= 4 is 27.3 Å². The second-order valence-electron chi connectivity index (χ2n) is 4.23. The average Bonchev–Trinajstić information content (AvgIpc) is 2.82. The Hall–Kier alpha value is -0.640. The van der Waals surface area contributed by atoms with Gasteiger partial charge in [0.15, 0.2) is 0 Å². The lowest BCUT2D eigenvalue weighted by Gasteiger charge is -2.15. The second-order valence-corrected chi connectivity index (χ2v) is 5.87. The molecule has 0 aliphatic carbocycles. The van der Waals surface area contributed by atoms with Crippen LogP contribution < -0.4 is 5.73 Å². The van der Waals surface area contributed by atoms with Gasteiger partial charge in [-0.15, -0.1) is 0 Å². The maximum Gasteiger partial charge on any atom is 0.0301 e. The molecule has 1 atom stereocenters. The number of rotatable bonds is 4. The molecule has 1 heterocycles. The topological polar surface area (TPSA) is 26.0 Å². The van der Waals surface area contributed by atoms with Gasteiger partial charge in [0.2, 0.25) is 0 Å². The highest BCUT2D eigenvalue weighted by molar-refractivity contribution is 9.10. The van der Waals surface area contributed by atoms with Gasteiger partial charge >= 0.3 is 0 Å². The van der Waals surface area contributed by atoms with Crippen molar-refractivity contribution in [3.63, 3.8) is 0 Å². The quantitative estimate of drug-likeness (QED) is 0.887. The van der Waals surface area contributed by atoms with Gasteiger partial charge in [-0.25, -0.2) is 0 Å². The zero-order valence-corrected chi connectivity index (χ0v) is 12.2. The molecule has 0 aliphatic rings. The van der Waals surface area contributed by atoms with E-state index in [1.165, 1.54) is 16.7 Å². The minimum absolute atomic E-state index is 0.118. The first-order valence-corrected chi connectivity index (χ1v) is 7.43. The molecule has 0 radical (unpaired) electrons. The van der Waals surface area contributed by atoms with Gasteiger partial charge in [0.1, 0.15) is 0 Å². The minimum atomic E-state index is 0.118. The summed E-state index contributed by atoms with van der Waals surface area (Å²) < 4.78 is 1.14. The molecule has 3 heteroatoms. The van der Waals surface area contributed by atoms with Crippen molar-refractivity contribution in [3.8, 4) is 0 Å². The summed E-state index contributed by atoms with van der Waals surface area (Å²) >= 11 is 5.29. The zero-order chi connectivity index (χ0) is 12.3.